The highest BCUT2D eigenvalue weighted by Crippen LogP contribution is 2.29. The summed E-state index contributed by atoms with van der Waals surface area (Å²) in [5, 5.41) is -0.162. The standard InChI is InChI=1S/C15H19ClF2O/c16-14(7-8-19-10-15(17)18)13-6-5-11-3-1-2-4-12(11)9-13/h5-6,9,14-15H,1-4,7-8,10H2. The number of halogens is 3. The molecule has 1 aromatic rings. The van der Waals surface area contributed by atoms with Gasteiger partial charge in [-0.05, 0) is 48.8 Å². The van der Waals surface area contributed by atoms with E-state index in [1.807, 2.05) is 0 Å². The molecule has 1 aliphatic rings. The summed E-state index contributed by atoms with van der Waals surface area (Å²) in [5.41, 5.74) is 3.89. The average Bonchev–Trinajstić information content (AvgIpc) is 2.42. The Labute approximate surface area is 117 Å². The van der Waals surface area contributed by atoms with Crippen molar-refractivity contribution in [2.75, 3.05) is 13.2 Å². The Kier molecular flexibility index (Phi) is 5.59. The third-order valence-corrected chi connectivity index (χ3v) is 3.96. The average molecular weight is 289 g/mol. The summed E-state index contributed by atoms with van der Waals surface area (Å²) in [7, 11) is 0. The van der Waals surface area contributed by atoms with Crippen LogP contribution in [-0.4, -0.2) is 19.6 Å². The van der Waals surface area contributed by atoms with Crippen LogP contribution in [0.3, 0.4) is 0 Å². The Balaban J connectivity index is 1.86. The molecule has 0 heterocycles. The molecule has 1 unspecified atom stereocenters. The molecule has 19 heavy (non-hydrogen) atoms. The minimum absolute atomic E-state index is 0.162. The smallest absolute Gasteiger partial charge is 0.261 e. The van der Waals surface area contributed by atoms with Crippen molar-refractivity contribution in [3.63, 3.8) is 0 Å². The first-order chi connectivity index (χ1) is 9.16. The van der Waals surface area contributed by atoms with Crippen LogP contribution >= 0.6 is 11.6 Å². The van der Waals surface area contributed by atoms with E-state index in [4.69, 9.17) is 16.3 Å². The van der Waals surface area contributed by atoms with Gasteiger partial charge in [-0.3, -0.25) is 0 Å². The fourth-order valence-electron chi connectivity index (χ4n) is 2.47. The summed E-state index contributed by atoms with van der Waals surface area (Å²) in [6.07, 6.45) is 2.93. The lowest BCUT2D eigenvalue weighted by atomic mass is 9.89. The number of alkyl halides is 3. The maximum atomic E-state index is 11.9. The van der Waals surface area contributed by atoms with Crippen molar-refractivity contribution in [2.45, 2.75) is 43.9 Å². The lowest BCUT2D eigenvalue weighted by Crippen LogP contribution is -2.08. The monoisotopic (exact) mass is 288 g/mol. The van der Waals surface area contributed by atoms with Gasteiger partial charge in [-0.2, -0.15) is 0 Å². The van der Waals surface area contributed by atoms with Crippen LogP contribution in [0.1, 0.15) is 41.3 Å². The molecule has 0 bridgehead atoms. The summed E-state index contributed by atoms with van der Waals surface area (Å²) in [6.45, 7) is -0.233. The van der Waals surface area contributed by atoms with E-state index in [9.17, 15) is 8.78 Å². The largest absolute Gasteiger partial charge is 0.375 e. The molecule has 106 valence electrons. The summed E-state index contributed by atoms with van der Waals surface area (Å²) < 4.78 is 28.7. The van der Waals surface area contributed by atoms with E-state index in [-0.39, 0.29) is 12.0 Å². The van der Waals surface area contributed by atoms with E-state index >= 15 is 0 Å². The van der Waals surface area contributed by atoms with Crippen LogP contribution in [-0.2, 0) is 17.6 Å². The number of ether oxygens (including phenoxy) is 1. The highest BCUT2D eigenvalue weighted by molar-refractivity contribution is 6.20. The molecule has 1 nitrogen and oxygen atoms in total. The Morgan fingerprint density at radius 3 is 2.63 bits per heavy atom. The van der Waals surface area contributed by atoms with Gasteiger partial charge in [-0.15, -0.1) is 11.6 Å². The van der Waals surface area contributed by atoms with Gasteiger partial charge in [-0.25, -0.2) is 8.78 Å². The topological polar surface area (TPSA) is 9.23 Å². The zero-order chi connectivity index (χ0) is 13.7. The van der Waals surface area contributed by atoms with Gasteiger partial charge in [0.05, 0.1) is 5.38 Å². The Morgan fingerprint density at radius 2 is 1.89 bits per heavy atom. The number of benzene rings is 1. The van der Waals surface area contributed by atoms with Crippen molar-refractivity contribution in [3.8, 4) is 0 Å². The molecule has 0 N–H and O–H groups in total. The quantitative estimate of drug-likeness (QED) is 0.552. The number of fused-ring (bicyclic) bond motifs is 1. The van der Waals surface area contributed by atoms with Crippen LogP contribution in [0.25, 0.3) is 0 Å². The Bertz CT molecular complexity index is 409. The van der Waals surface area contributed by atoms with Gasteiger partial charge < -0.3 is 4.74 Å². The molecular formula is C15H19ClF2O. The number of hydrogen-bond donors (Lipinski definition) is 0. The van der Waals surface area contributed by atoms with E-state index in [1.54, 1.807) is 0 Å². The normalized spacial score (nSPS) is 16.4. The Hall–Kier alpha value is -0.670. The molecule has 0 amide bonds. The summed E-state index contributed by atoms with van der Waals surface area (Å²) in [5.74, 6) is 0. The molecular weight excluding hydrogens is 270 g/mol. The highest BCUT2D eigenvalue weighted by Gasteiger charge is 2.14. The molecule has 4 heteroatoms. The minimum atomic E-state index is -2.41. The van der Waals surface area contributed by atoms with Crippen molar-refractivity contribution in [3.05, 3.63) is 34.9 Å². The van der Waals surface area contributed by atoms with Gasteiger partial charge in [0.15, 0.2) is 0 Å². The lowest BCUT2D eigenvalue weighted by molar-refractivity contribution is 0.0165. The van der Waals surface area contributed by atoms with E-state index in [2.05, 4.69) is 18.2 Å². The third-order valence-electron chi connectivity index (χ3n) is 3.49. The van der Waals surface area contributed by atoms with Crippen molar-refractivity contribution in [1.29, 1.82) is 0 Å². The van der Waals surface area contributed by atoms with Crippen molar-refractivity contribution in [1.82, 2.24) is 0 Å². The van der Waals surface area contributed by atoms with Gasteiger partial charge in [-0.1, -0.05) is 18.2 Å². The molecule has 0 aromatic heterocycles. The fourth-order valence-corrected chi connectivity index (χ4v) is 2.70. The summed E-state index contributed by atoms with van der Waals surface area (Å²) >= 11 is 6.30. The van der Waals surface area contributed by atoms with Crippen molar-refractivity contribution in [2.24, 2.45) is 0 Å². The zero-order valence-corrected chi connectivity index (χ0v) is 11.6. The van der Waals surface area contributed by atoms with E-state index in [1.165, 1.54) is 24.0 Å². The molecule has 1 aromatic carbocycles. The first-order valence-electron chi connectivity index (χ1n) is 6.78. The van der Waals surface area contributed by atoms with E-state index in [0.29, 0.717) is 6.42 Å². The van der Waals surface area contributed by atoms with Crippen LogP contribution in [0, 0.1) is 0 Å². The SMILES string of the molecule is FC(F)COCCC(Cl)c1ccc2c(c1)CCCC2. The predicted molar refractivity (Wildman–Crippen MR) is 73.1 cm³/mol. The predicted octanol–water partition coefficient (Wildman–Crippen LogP) is 4.52. The minimum Gasteiger partial charge on any atom is -0.375 e. The molecule has 0 spiro atoms. The van der Waals surface area contributed by atoms with Crippen LogP contribution < -0.4 is 0 Å². The highest BCUT2D eigenvalue weighted by atomic mass is 35.5. The second-order valence-electron chi connectivity index (χ2n) is 4.96. The lowest BCUT2D eigenvalue weighted by Gasteiger charge is -2.18. The summed E-state index contributed by atoms with van der Waals surface area (Å²) in [6, 6.07) is 6.37. The molecule has 0 fully saturated rings. The zero-order valence-electron chi connectivity index (χ0n) is 10.9. The summed E-state index contributed by atoms with van der Waals surface area (Å²) in [4.78, 5) is 0. The van der Waals surface area contributed by atoms with Crippen molar-refractivity contribution >= 4 is 11.6 Å². The van der Waals surface area contributed by atoms with Gasteiger partial charge in [0, 0.05) is 6.61 Å². The van der Waals surface area contributed by atoms with Gasteiger partial charge in [0.1, 0.15) is 6.61 Å². The molecule has 0 saturated carbocycles. The second-order valence-corrected chi connectivity index (χ2v) is 5.48. The molecule has 2 rings (SSSR count). The second kappa shape index (κ2) is 7.20. The third kappa shape index (κ3) is 4.43. The van der Waals surface area contributed by atoms with Gasteiger partial charge in [0.2, 0.25) is 0 Å². The molecule has 1 aliphatic carbocycles. The molecule has 0 radical (unpaired) electrons. The van der Waals surface area contributed by atoms with Gasteiger partial charge >= 0.3 is 0 Å². The molecule has 0 saturated heterocycles. The number of rotatable bonds is 6. The molecule has 1 atom stereocenters. The van der Waals surface area contributed by atoms with Crippen LogP contribution in [0.4, 0.5) is 8.78 Å². The van der Waals surface area contributed by atoms with Crippen LogP contribution in [0.15, 0.2) is 18.2 Å². The first kappa shape index (κ1) is 14.7. The maximum Gasteiger partial charge on any atom is 0.261 e. The maximum absolute atomic E-state index is 11.9. The molecule has 0 aliphatic heterocycles. The fraction of sp³-hybridized carbons (Fsp3) is 0.600. The van der Waals surface area contributed by atoms with Gasteiger partial charge in [0.25, 0.3) is 6.43 Å². The Morgan fingerprint density at radius 1 is 1.16 bits per heavy atom. The van der Waals surface area contributed by atoms with Crippen LogP contribution in [0.2, 0.25) is 0 Å². The van der Waals surface area contributed by atoms with Crippen molar-refractivity contribution < 1.29 is 13.5 Å². The first-order valence-corrected chi connectivity index (χ1v) is 7.22. The number of hydrogen-bond acceptors (Lipinski definition) is 1. The van der Waals surface area contributed by atoms with E-state index in [0.717, 1.165) is 18.4 Å². The van der Waals surface area contributed by atoms with E-state index < -0.39 is 13.0 Å². The number of aryl methyl sites for hydroxylation is 2. The van der Waals surface area contributed by atoms with Crippen LogP contribution in [0.5, 0.6) is 0 Å².